The second-order valence-corrected chi connectivity index (χ2v) is 8.69. The van der Waals surface area contributed by atoms with Crippen LogP contribution in [0.4, 0.5) is 27.6 Å². The van der Waals surface area contributed by atoms with E-state index in [1.165, 1.54) is 33.0 Å². The molecule has 2 unspecified atom stereocenters. The van der Waals surface area contributed by atoms with Crippen molar-refractivity contribution in [1.29, 1.82) is 0 Å². The fourth-order valence-corrected chi connectivity index (χ4v) is 4.57. The quantitative estimate of drug-likeness (QED) is 0.474. The lowest BCUT2D eigenvalue weighted by molar-refractivity contribution is -0.276. The third-order valence-corrected chi connectivity index (χ3v) is 5.95. The Hall–Kier alpha value is -3.01. The standard InChI is InChI=1S/C22H20F5N3O2/c1-10-28-8-12-15(7-6-13(23)17(12)29-10)30-19-11-4-5-14(24)18(31)16(11)20(2,3)9-21(19,32)22(25,26)27/h4-8,19,30-32H,9H2,1-3H3. The zero-order valence-corrected chi connectivity index (χ0v) is 17.3. The summed E-state index contributed by atoms with van der Waals surface area (Å²) >= 11 is 0. The van der Waals surface area contributed by atoms with Gasteiger partial charge in [0.2, 0.25) is 0 Å². The molecular weight excluding hydrogens is 433 g/mol. The smallest absolute Gasteiger partial charge is 0.419 e. The van der Waals surface area contributed by atoms with Crippen LogP contribution in [-0.2, 0) is 5.41 Å². The molecular formula is C22H20F5N3O2. The lowest BCUT2D eigenvalue weighted by Gasteiger charge is -2.49. The van der Waals surface area contributed by atoms with Crippen molar-refractivity contribution < 1.29 is 32.2 Å². The van der Waals surface area contributed by atoms with Crippen LogP contribution in [0.3, 0.4) is 0 Å². The summed E-state index contributed by atoms with van der Waals surface area (Å²) in [4.78, 5) is 8.00. The van der Waals surface area contributed by atoms with Crippen LogP contribution in [0.2, 0.25) is 0 Å². The largest absolute Gasteiger partial charge is 0.505 e. The molecule has 3 aromatic rings. The average molecular weight is 453 g/mol. The molecule has 5 nitrogen and oxygen atoms in total. The second-order valence-electron chi connectivity index (χ2n) is 8.69. The number of benzene rings is 2. The molecule has 0 saturated heterocycles. The lowest BCUT2D eigenvalue weighted by atomic mass is 9.63. The molecule has 0 fully saturated rings. The number of phenols is 1. The monoisotopic (exact) mass is 453 g/mol. The van der Waals surface area contributed by atoms with E-state index in [1.54, 1.807) is 0 Å². The average Bonchev–Trinajstić information content (AvgIpc) is 2.67. The summed E-state index contributed by atoms with van der Waals surface area (Å²) in [6.07, 6.45) is -4.65. The maximum Gasteiger partial charge on any atom is 0.419 e. The molecule has 0 spiro atoms. The molecule has 2 atom stereocenters. The van der Waals surface area contributed by atoms with Crippen LogP contribution >= 0.6 is 0 Å². The van der Waals surface area contributed by atoms with Crippen LogP contribution in [0.5, 0.6) is 5.75 Å². The Balaban J connectivity index is 1.97. The van der Waals surface area contributed by atoms with Crippen molar-refractivity contribution in [2.45, 2.75) is 50.4 Å². The first-order valence-electron chi connectivity index (χ1n) is 9.75. The number of fused-ring (bicyclic) bond motifs is 2. The van der Waals surface area contributed by atoms with E-state index < -0.39 is 47.0 Å². The van der Waals surface area contributed by atoms with Crippen LogP contribution in [0, 0.1) is 18.6 Å². The number of hydrogen-bond acceptors (Lipinski definition) is 5. The van der Waals surface area contributed by atoms with Crippen molar-refractivity contribution in [2.75, 3.05) is 5.32 Å². The first kappa shape index (κ1) is 22.2. The minimum atomic E-state index is -5.08. The number of nitrogens with one attached hydrogen (secondary N) is 1. The maximum atomic E-state index is 14.3. The summed E-state index contributed by atoms with van der Waals surface area (Å²) < 4.78 is 71.0. The van der Waals surface area contributed by atoms with Crippen LogP contribution in [-0.4, -0.2) is 32.0 Å². The normalized spacial score (nSPS) is 22.6. The number of alkyl halides is 3. The van der Waals surface area contributed by atoms with E-state index in [4.69, 9.17) is 0 Å². The zero-order chi connectivity index (χ0) is 23.6. The van der Waals surface area contributed by atoms with E-state index in [-0.39, 0.29) is 33.5 Å². The van der Waals surface area contributed by atoms with Crippen molar-refractivity contribution in [3.8, 4) is 5.75 Å². The van der Waals surface area contributed by atoms with Gasteiger partial charge in [-0.25, -0.2) is 18.7 Å². The summed E-state index contributed by atoms with van der Waals surface area (Å²) in [5.74, 6) is -2.17. The fraction of sp³-hybridized carbons (Fsp3) is 0.364. The van der Waals surface area contributed by atoms with Gasteiger partial charge in [0.05, 0.1) is 6.04 Å². The number of anilines is 1. The molecule has 0 aliphatic heterocycles. The minimum absolute atomic E-state index is 0.0394. The molecule has 1 heterocycles. The molecule has 1 aliphatic carbocycles. The van der Waals surface area contributed by atoms with Crippen LogP contribution in [0.1, 0.15) is 43.3 Å². The Bertz CT molecular complexity index is 1230. The zero-order valence-electron chi connectivity index (χ0n) is 17.3. The lowest BCUT2D eigenvalue weighted by Crippen LogP contribution is -2.58. The Morgan fingerprint density at radius 1 is 1.09 bits per heavy atom. The van der Waals surface area contributed by atoms with Gasteiger partial charge in [0, 0.05) is 22.8 Å². The van der Waals surface area contributed by atoms with Gasteiger partial charge in [0.1, 0.15) is 17.2 Å². The topological polar surface area (TPSA) is 78.3 Å². The third kappa shape index (κ3) is 3.24. The van der Waals surface area contributed by atoms with Crippen molar-refractivity contribution in [3.05, 3.63) is 59.0 Å². The number of rotatable bonds is 2. The Kier molecular flexibility index (Phi) is 4.85. The molecule has 0 radical (unpaired) electrons. The summed E-state index contributed by atoms with van der Waals surface area (Å²) in [6, 6.07) is 2.38. The van der Waals surface area contributed by atoms with Crippen LogP contribution in [0.25, 0.3) is 10.9 Å². The SMILES string of the molecule is Cc1ncc2c(NC3c4ccc(F)c(O)c4C(C)(C)CC3(O)C(F)(F)F)ccc(F)c2n1. The number of aryl methyl sites for hydroxylation is 1. The first-order chi connectivity index (χ1) is 14.8. The van der Waals surface area contributed by atoms with Crippen molar-refractivity contribution >= 4 is 16.6 Å². The number of halogens is 5. The van der Waals surface area contributed by atoms with Gasteiger partial charge in [0.15, 0.2) is 17.2 Å². The van der Waals surface area contributed by atoms with Gasteiger partial charge in [-0.2, -0.15) is 13.2 Å². The van der Waals surface area contributed by atoms with E-state index in [2.05, 4.69) is 15.3 Å². The number of aromatic nitrogens is 2. The van der Waals surface area contributed by atoms with Gasteiger partial charge in [-0.1, -0.05) is 19.9 Å². The van der Waals surface area contributed by atoms with E-state index in [1.807, 2.05) is 0 Å². The first-order valence-corrected chi connectivity index (χ1v) is 9.75. The number of nitrogens with zero attached hydrogens (tertiary/aromatic N) is 2. The molecule has 0 saturated carbocycles. The number of aromatic hydroxyl groups is 1. The number of phenolic OH excluding ortho intramolecular Hbond substituents is 1. The van der Waals surface area contributed by atoms with Gasteiger partial charge in [-0.15, -0.1) is 0 Å². The second kappa shape index (κ2) is 6.99. The van der Waals surface area contributed by atoms with Crippen molar-refractivity contribution in [2.24, 2.45) is 0 Å². The summed E-state index contributed by atoms with van der Waals surface area (Å²) in [7, 11) is 0. The van der Waals surface area contributed by atoms with Crippen LogP contribution in [0.15, 0.2) is 30.5 Å². The highest BCUT2D eigenvalue weighted by molar-refractivity contribution is 5.91. The minimum Gasteiger partial charge on any atom is -0.505 e. The number of hydrogen-bond donors (Lipinski definition) is 3. The number of aliphatic hydroxyl groups is 1. The third-order valence-electron chi connectivity index (χ3n) is 5.95. The van der Waals surface area contributed by atoms with Gasteiger partial charge >= 0.3 is 6.18 Å². The molecule has 1 aromatic heterocycles. The summed E-state index contributed by atoms with van der Waals surface area (Å²) in [5, 5.41) is 24.1. The molecule has 32 heavy (non-hydrogen) atoms. The van der Waals surface area contributed by atoms with Crippen LogP contribution < -0.4 is 5.32 Å². The predicted octanol–water partition coefficient (Wildman–Crippen LogP) is 5.05. The van der Waals surface area contributed by atoms with Gasteiger partial charge in [-0.05, 0) is 42.5 Å². The van der Waals surface area contributed by atoms with Gasteiger partial charge < -0.3 is 15.5 Å². The van der Waals surface area contributed by atoms with E-state index in [0.717, 1.165) is 18.2 Å². The Morgan fingerprint density at radius 3 is 2.41 bits per heavy atom. The predicted molar refractivity (Wildman–Crippen MR) is 107 cm³/mol. The Morgan fingerprint density at radius 2 is 1.75 bits per heavy atom. The van der Waals surface area contributed by atoms with Gasteiger partial charge in [-0.3, -0.25) is 0 Å². The molecule has 3 N–H and O–H groups in total. The molecule has 4 rings (SSSR count). The van der Waals surface area contributed by atoms with E-state index >= 15 is 0 Å². The Labute approximate surface area is 179 Å². The molecule has 0 amide bonds. The van der Waals surface area contributed by atoms with E-state index in [0.29, 0.717) is 0 Å². The maximum absolute atomic E-state index is 14.3. The van der Waals surface area contributed by atoms with Crippen molar-refractivity contribution in [1.82, 2.24) is 9.97 Å². The molecule has 170 valence electrons. The van der Waals surface area contributed by atoms with E-state index in [9.17, 15) is 32.2 Å². The van der Waals surface area contributed by atoms with Crippen molar-refractivity contribution in [3.63, 3.8) is 0 Å². The highest BCUT2D eigenvalue weighted by atomic mass is 19.4. The van der Waals surface area contributed by atoms with Gasteiger partial charge in [0.25, 0.3) is 0 Å². The summed E-state index contributed by atoms with van der Waals surface area (Å²) in [6.45, 7) is 4.32. The fourth-order valence-electron chi connectivity index (χ4n) is 4.57. The molecule has 2 aromatic carbocycles. The molecule has 10 heteroatoms. The highest BCUT2D eigenvalue weighted by Crippen LogP contribution is 2.56. The highest BCUT2D eigenvalue weighted by Gasteiger charge is 2.64. The molecule has 1 aliphatic rings. The molecule has 0 bridgehead atoms. The summed E-state index contributed by atoms with van der Waals surface area (Å²) in [5.41, 5.74) is -4.90.